The Hall–Kier alpha value is -2.93. The number of pyridine rings is 1. The number of carbonyl (C=O) groups excluding carboxylic acids is 1. The maximum absolute atomic E-state index is 12.1. The second-order valence-corrected chi connectivity index (χ2v) is 5.98. The lowest BCUT2D eigenvalue weighted by Gasteiger charge is -2.19. The van der Waals surface area contributed by atoms with Gasteiger partial charge in [-0.1, -0.05) is 12.1 Å². The Morgan fingerprint density at radius 1 is 1.21 bits per heavy atom. The number of carboxylic acid groups (broad SMARTS) is 1. The Labute approximate surface area is 142 Å². The molecule has 0 saturated heterocycles. The Morgan fingerprint density at radius 3 is 2.62 bits per heavy atom. The van der Waals surface area contributed by atoms with Gasteiger partial charge in [-0.3, -0.25) is 9.78 Å². The van der Waals surface area contributed by atoms with Crippen molar-refractivity contribution in [1.82, 2.24) is 4.98 Å². The number of aromatic nitrogens is 1. The first-order valence-corrected chi connectivity index (χ1v) is 7.86. The predicted octanol–water partition coefficient (Wildman–Crippen LogP) is 2.89. The van der Waals surface area contributed by atoms with Gasteiger partial charge < -0.3 is 10.0 Å². The van der Waals surface area contributed by atoms with E-state index in [0.29, 0.717) is 15.8 Å². The lowest BCUT2D eigenvalue weighted by molar-refractivity contribution is -0.113. The smallest absolute Gasteiger partial charge is 0.337 e. The third kappa shape index (κ3) is 3.21. The van der Waals surface area contributed by atoms with E-state index in [0.717, 1.165) is 5.56 Å². The number of hydrogen-bond donors (Lipinski definition) is 1. The van der Waals surface area contributed by atoms with Crippen LogP contribution in [0.3, 0.4) is 0 Å². The zero-order valence-electron chi connectivity index (χ0n) is 12.7. The number of aromatic carboxylic acids is 1. The highest BCUT2D eigenvalue weighted by molar-refractivity contribution is 8.18. The number of anilines is 1. The summed E-state index contributed by atoms with van der Waals surface area (Å²) in [7, 11) is 1.69. The summed E-state index contributed by atoms with van der Waals surface area (Å²) >= 11 is 1.21. The molecule has 0 spiro atoms. The van der Waals surface area contributed by atoms with E-state index in [1.54, 1.807) is 60.7 Å². The SMILES string of the molecule is CN(C1=NC(=O)/C(=C/c2ccncc2)S1)c1ccccc1C(=O)O. The van der Waals surface area contributed by atoms with E-state index in [2.05, 4.69) is 9.98 Å². The number of aliphatic imine (C=N–C) groups is 1. The quantitative estimate of drug-likeness (QED) is 0.866. The molecule has 1 aromatic carbocycles. The second-order valence-electron chi connectivity index (χ2n) is 4.97. The van der Waals surface area contributed by atoms with Gasteiger partial charge in [0.15, 0.2) is 5.17 Å². The van der Waals surface area contributed by atoms with Crippen molar-refractivity contribution in [2.45, 2.75) is 0 Å². The minimum atomic E-state index is -1.03. The molecule has 0 aliphatic carbocycles. The highest BCUT2D eigenvalue weighted by atomic mass is 32.2. The molecule has 0 radical (unpaired) electrons. The average molecular weight is 339 g/mol. The molecule has 1 amide bonds. The van der Waals surface area contributed by atoms with Gasteiger partial charge in [-0.25, -0.2) is 4.79 Å². The summed E-state index contributed by atoms with van der Waals surface area (Å²) < 4.78 is 0. The first-order chi connectivity index (χ1) is 11.6. The largest absolute Gasteiger partial charge is 0.478 e. The van der Waals surface area contributed by atoms with Gasteiger partial charge in [0.1, 0.15) is 0 Å². The zero-order valence-corrected chi connectivity index (χ0v) is 13.5. The van der Waals surface area contributed by atoms with E-state index >= 15 is 0 Å². The molecule has 1 aliphatic heterocycles. The van der Waals surface area contributed by atoms with Gasteiger partial charge in [0.25, 0.3) is 5.91 Å². The van der Waals surface area contributed by atoms with Crippen molar-refractivity contribution in [1.29, 1.82) is 0 Å². The molecule has 1 N–H and O–H groups in total. The molecule has 1 aromatic heterocycles. The van der Waals surface area contributed by atoms with Crippen LogP contribution in [-0.2, 0) is 4.79 Å². The molecule has 120 valence electrons. The van der Waals surface area contributed by atoms with E-state index in [-0.39, 0.29) is 11.5 Å². The molecule has 0 bridgehead atoms. The van der Waals surface area contributed by atoms with Gasteiger partial charge >= 0.3 is 5.97 Å². The molecule has 0 fully saturated rings. The van der Waals surface area contributed by atoms with Crippen molar-refractivity contribution in [3.05, 3.63) is 64.8 Å². The van der Waals surface area contributed by atoms with Crippen LogP contribution in [0.5, 0.6) is 0 Å². The van der Waals surface area contributed by atoms with Crippen LogP contribution < -0.4 is 4.90 Å². The molecular formula is C17H13N3O3S. The maximum Gasteiger partial charge on any atom is 0.337 e. The molecule has 24 heavy (non-hydrogen) atoms. The molecule has 2 heterocycles. The fourth-order valence-corrected chi connectivity index (χ4v) is 3.09. The first kappa shape index (κ1) is 15.9. The number of carbonyl (C=O) groups is 2. The second kappa shape index (κ2) is 6.67. The van der Waals surface area contributed by atoms with Crippen LogP contribution in [0, 0.1) is 0 Å². The number of para-hydroxylation sites is 1. The number of benzene rings is 1. The van der Waals surface area contributed by atoms with Crippen LogP contribution in [0.4, 0.5) is 5.69 Å². The average Bonchev–Trinajstić information content (AvgIpc) is 2.96. The van der Waals surface area contributed by atoms with Gasteiger partial charge in [0, 0.05) is 19.4 Å². The van der Waals surface area contributed by atoms with Gasteiger partial charge in [0.2, 0.25) is 0 Å². The number of nitrogens with zero attached hydrogens (tertiary/aromatic N) is 3. The van der Waals surface area contributed by atoms with E-state index < -0.39 is 5.97 Å². The minimum absolute atomic E-state index is 0.155. The van der Waals surface area contributed by atoms with Gasteiger partial charge in [-0.2, -0.15) is 4.99 Å². The van der Waals surface area contributed by atoms with Crippen molar-refractivity contribution in [2.24, 2.45) is 4.99 Å². The van der Waals surface area contributed by atoms with Gasteiger partial charge in [-0.15, -0.1) is 0 Å². The lowest BCUT2D eigenvalue weighted by Crippen LogP contribution is -2.24. The molecule has 1 aliphatic rings. The number of rotatable bonds is 3. The van der Waals surface area contributed by atoms with E-state index in [1.165, 1.54) is 17.8 Å². The third-order valence-corrected chi connectivity index (χ3v) is 4.46. The van der Waals surface area contributed by atoms with Crippen molar-refractivity contribution in [2.75, 3.05) is 11.9 Å². The molecule has 0 saturated carbocycles. The fraction of sp³-hybridized carbons (Fsp3) is 0.0588. The van der Waals surface area contributed by atoms with Crippen LogP contribution in [0.2, 0.25) is 0 Å². The predicted molar refractivity (Wildman–Crippen MR) is 94.1 cm³/mol. The van der Waals surface area contributed by atoms with Crippen molar-refractivity contribution >= 4 is 40.6 Å². The summed E-state index contributed by atoms with van der Waals surface area (Å²) in [5, 5.41) is 9.74. The molecule has 0 atom stereocenters. The molecular weight excluding hydrogens is 326 g/mol. The van der Waals surface area contributed by atoms with E-state index in [9.17, 15) is 14.7 Å². The fourth-order valence-electron chi connectivity index (χ4n) is 2.20. The van der Waals surface area contributed by atoms with Crippen LogP contribution in [0.1, 0.15) is 15.9 Å². The summed E-state index contributed by atoms with van der Waals surface area (Å²) in [6, 6.07) is 10.2. The number of hydrogen-bond acceptors (Lipinski definition) is 5. The first-order valence-electron chi connectivity index (χ1n) is 7.05. The lowest BCUT2D eigenvalue weighted by atomic mass is 10.1. The highest BCUT2D eigenvalue weighted by Crippen LogP contribution is 2.32. The molecule has 3 rings (SSSR count). The Balaban J connectivity index is 1.87. The summed E-state index contributed by atoms with van der Waals surface area (Å²) in [5.41, 5.74) is 1.49. The summed E-state index contributed by atoms with van der Waals surface area (Å²) in [5.74, 6) is -1.37. The van der Waals surface area contributed by atoms with Crippen LogP contribution in [0.25, 0.3) is 6.08 Å². The molecule has 6 nitrogen and oxygen atoms in total. The Morgan fingerprint density at radius 2 is 1.92 bits per heavy atom. The van der Waals surface area contributed by atoms with Gasteiger partial charge in [-0.05, 0) is 47.7 Å². The maximum atomic E-state index is 12.1. The third-order valence-electron chi connectivity index (χ3n) is 3.40. The standard InChI is InChI=1S/C17H13N3O3S/c1-20(13-5-3-2-4-12(13)16(22)23)17-19-15(21)14(24-17)10-11-6-8-18-9-7-11/h2-10H,1H3,(H,22,23)/b14-10-. The van der Waals surface area contributed by atoms with E-state index in [4.69, 9.17) is 0 Å². The zero-order chi connectivity index (χ0) is 17.1. The molecule has 2 aromatic rings. The Bertz CT molecular complexity index is 862. The van der Waals surface area contributed by atoms with E-state index in [1.807, 2.05) is 0 Å². The number of amides is 1. The summed E-state index contributed by atoms with van der Waals surface area (Å²) in [6.45, 7) is 0. The van der Waals surface area contributed by atoms with Crippen LogP contribution in [-0.4, -0.2) is 34.2 Å². The Kier molecular flexibility index (Phi) is 4.43. The highest BCUT2D eigenvalue weighted by Gasteiger charge is 2.26. The summed E-state index contributed by atoms with van der Waals surface area (Å²) in [6.07, 6.45) is 5.03. The monoisotopic (exact) mass is 339 g/mol. The van der Waals surface area contributed by atoms with Crippen LogP contribution >= 0.6 is 11.8 Å². The van der Waals surface area contributed by atoms with Crippen molar-refractivity contribution in [3.63, 3.8) is 0 Å². The van der Waals surface area contributed by atoms with Crippen LogP contribution in [0.15, 0.2) is 58.7 Å². The van der Waals surface area contributed by atoms with Crippen molar-refractivity contribution < 1.29 is 14.7 Å². The molecule has 7 heteroatoms. The molecule has 0 unspecified atom stereocenters. The van der Waals surface area contributed by atoms with Crippen molar-refractivity contribution in [3.8, 4) is 0 Å². The summed E-state index contributed by atoms with van der Waals surface area (Å²) in [4.78, 5) is 33.5. The number of carboxylic acids is 1. The normalized spacial score (nSPS) is 15.5. The number of amidine groups is 1. The number of thioether (sulfide) groups is 1. The topological polar surface area (TPSA) is 82.9 Å². The van der Waals surface area contributed by atoms with Gasteiger partial charge in [0.05, 0.1) is 16.2 Å². The minimum Gasteiger partial charge on any atom is -0.478 e.